The third-order valence-corrected chi connectivity index (χ3v) is 10.8. The highest BCUT2D eigenvalue weighted by Gasteiger charge is 2.82. The van der Waals surface area contributed by atoms with Crippen LogP contribution in [0.25, 0.3) is 0 Å². The minimum atomic E-state index is -1.19. The Bertz CT molecular complexity index is 997. The Morgan fingerprint density at radius 3 is 1.14 bits per heavy atom. The predicted octanol–water partition coefficient (Wildman–Crippen LogP) is 0.839. The van der Waals surface area contributed by atoms with E-state index in [2.05, 4.69) is 0 Å². The predicted molar refractivity (Wildman–Crippen MR) is 118 cm³/mol. The molecule has 5 aliphatic carbocycles. The Hall–Kier alpha value is -2.78. The van der Waals surface area contributed by atoms with Crippen LogP contribution < -0.4 is 0 Å². The van der Waals surface area contributed by atoms with Crippen molar-refractivity contribution in [2.75, 3.05) is 28.4 Å². The number of rotatable bonds is 4. The summed E-state index contributed by atoms with van der Waals surface area (Å²) in [6.45, 7) is 3.45. The summed E-state index contributed by atoms with van der Waals surface area (Å²) >= 11 is 0. The topological polar surface area (TPSA) is 139 Å². The normalized spacial score (nSPS) is 47.7. The van der Waals surface area contributed by atoms with Crippen molar-refractivity contribution in [3.63, 3.8) is 0 Å². The minimum Gasteiger partial charge on any atom is -0.469 e. The molecule has 2 unspecified atom stereocenters. The molecule has 5 aliphatic rings. The molecule has 12 atom stereocenters. The molecule has 4 bridgehead atoms. The smallest absolute Gasteiger partial charge is 0.309 e. The van der Waals surface area contributed by atoms with Crippen LogP contribution in [0.1, 0.15) is 26.7 Å². The lowest BCUT2D eigenvalue weighted by molar-refractivity contribution is -0.189. The van der Waals surface area contributed by atoms with Crippen molar-refractivity contribution in [1.82, 2.24) is 0 Å². The van der Waals surface area contributed by atoms with Crippen LogP contribution >= 0.6 is 0 Å². The van der Waals surface area contributed by atoms with Gasteiger partial charge in [-0.1, -0.05) is 13.8 Å². The zero-order valence-corrected chi connectivity index (χ0v) is 21.3. The van der Waals surface area contributed by atoms with Gasteiger partial charge < -0.3 is 18.9 Å². The SMILES string of the molecule is COC(=O)[C@@H]1[C@H](C(=O)OC)[C@@H]2C[C@H]1[C@]1(C)C(=O)C3[C@@H]4C[C@@H]([C@@H](C(=O)OC)[C@H]4C(=O)OC)[C@@]3(C)C(=O)C21. The van der Waals surface area contributed by atoms with E-state index in [-0.39, 0.29) is 11.6 Å². The molecule has 5 saturated carbocycles. The van der Waals surface area contributed by atoms with Gasteiger partial charge in [0.1, 0.15) is 11.6 Å². The Morgan fingerprint density at radius 2 is 0.861 bits per heavy atom. The molecule has 36 heavy (non-hydrogen) atoms. The number of fused-ring (bicyclic) bond motifs is 10. The molecular formula is C26H32O10. The van der Waals surface area contributed by atoms with Crippen molar-refractivity contribution in [2.45, 2.75) is 26.7 Å². The highest BCUT2D eigenvalue weighted by atomic mass is 16.5. The number of carbonyl (C=O) groups is 6. The summed E-state index contributed by atoms with van der Waals surface area (Å²) in [5, 5.41) is 0. The number of carbonyl (C=O) groups excluding carboxylic acids is 6. The standard InChI is InChI=1S/C26H32O10/c1-25-11-7-9(13(21(29)33-3)15(11)23(31)35-5)17(25)20(28)26(2)12-8-10(18(26)19(25)27)14(22(30)34-4)16(12)24(32)36-6/h9-18H,7-8H2,1-6H3/t9-,10+,11+,12-,13+,14-,15-,16+,17?,18?,25-,26+. The van der Waals surface area contributed by atoms with E-state index in [0.29, 0.717) is 12.8 Å². The lowest BCUT2D eigenvalue weighted by atomic mass is 9.43. The highest BCUT2D eigenvalue weighted by molar-refractivity contribution is 6.08. The quantitative estimate of drug-likeness (QED) is 0.400. The van der Waals surface area contributed by atoms with Gasteiger partial charge in [-0.25, -0.2) is 0 Å². The van der Waals surface area contributed by atoms with E-state index >= 15 is 0 Å². The number of hydrogen-bond acceptors (Lipinski definition) is 10. The molecule has 0 N–H and O–H groups in total. The molecule has 5 rings (SSSR count). The van der Waals surface area contributed by atoms with E-state index in [4.69, 9.17) is 18.9 Å². The van der Waals surface area contributed by atoms with Crippen LogP contribution in [0.5, 0.6) is 0 Å². The first-order valence-corrected chi connectivity index (χ1v) is 12.4. The van der Waals surface area contributed by atoms with Crippen LogP contribution in [0, 0.1) is 70.0 Å². The van der Waals surface area contributed by atoms with Crippen LogP contribution in [-0.2, 0) is 47.7 Å². The zero-order valence-electron chi connectivity index (χ0n) is 21.3. The van der Waals surface area contributed by atoms with Crippen LogP contribution in [-0.4, -0.2) is 63.9 Å². The summed E-state index contributed by atoms with van der Waals surface area (Å²) in [7, 11) is 4.93. The Kier molecular flexibility index (Phi) is 5.43. The van der Waals surface area contributed by atoms with E-state index in [0.717, 1.165) is 0 Å². The number of ketones is 2. The van der Waals surface area contributed by atoms with Crippen LogP contribution in [0.4, 0.5) is 0 Å². The van der Waals surface area contributed by atoms with Crippen molar-refractivity contribution in [2.24, 2.45) is 70.0 Å². The number of methoxy groups -OCH3 is 4. The Balaban J connectivity index is 1.64. The second-order valence-electron chi connectivity index (χ2n) is 11.5. The summed E-state index contributed by atoms with van der Waals surface area (Å²) in [6.07, 6.45) is 0.689. The Morgan fingerprint density at radius 1 is 0.583 bits per heavy atom. The molecule has 0 heterocycles. The molecule has 196 valence electrons. The van der Waals surface area contributed by atoms with Gasteiger partial charge in [0, 0.05) is 22.7 Å². The van der Waals surface area contributed by atoms with Crippen molar-refractivity contribution in [3.05, 3.63) is 0 Å². The van der Waals surface area contributed by atoms with E-state index in [9.17, 15) is 28.8 Å². The van der Waals surface area contributed by atoms with Gasteiger partial charge in [0.25, 0.3) is 0 Å². The summed E-state index contributed by atoms with van der Waals surface area (Å²) in [4.78, 5) is 80.3. The molecule has 5 fully saturated rings. The molecule has 0 aromatic rings. The van der Waals surface area contributed by atoms with Gasteiger partial charge in [0.05, 0.1) is 52.1 Å². The number of ether oxygens (including phenoxy) is 4. The third kappa shape index (κ3) is 2.58. The Labute approximate surface area is 208 Å². The maximum atomic E-state index is 14.5. The fraction of sp³-hybridized carbons (Fsp3) is 0.769. The first-order chi connectivity index (χ1) is 17.0. The first-order valence-electron chi connectivity index (χ1n) is 12.4. The second kappa shape index (κ2) is 7.86. The monoisotopic (exact) mass is 504 g/mol. The highest BCUT2D eigenvalue weighted by Crippen LogP contribution is 2.75. The summed E-state index contributed by atoms with van der Waals surface area (Å²) in [6, 6.07) is 0. The van der Waals surface area contributed by atoms with Crippen molar-refractivity contribution >= 4 is 35.4 Å². The van der Waals surface area contributed by atoms with Gasteiger partial charge >= 0.3 is 23.9 Å². The van der Waals surface area contributed by atoms with E-state index in [1.54, 1.807) is 13.8 Å². The minimum absolute atomic E-state index is 0.177. The van der Waals surface area contributed by atoms with Crippen molar-refractivity contribution < 1.29 is 47.7 Å². The molecule has 10 nitrogen and oxygen atoms in total. The van der Waals surface area contributed by atoms with Gasteiger partial charge in [-0.15, -0.1) is 0 Å². The van der Waals surface area contributed by atoms with Crippen molar-refractivity contribution in [3.8, 4) is 0 Å². The fourth-order valence-electron chi connectivity index (χ4n) is 9.56. The molecule has 0 spiro atoms. The third-order valence-electron chi connectivity index (χ3n) is 10.8. The average molecular weight is 505 g/mol. The molecule has 0 amide bonds. The second-order valence-corrected chi connectivity index (χ2v) is 11.5. The van der Waals surface area contributed by atoms with Gasteiger partial charge in [-0.05, 0) is 36.5 Å². The molecular weight excluding hydrogens is 472 g/mol. The zero-order chi connectivity index (χ0) is 26.5. The lowest BCUT2D eigenvalue weighted by Gasteiger charge is -2.57. The maximum Gasteiger partial charge on any atom is 0.309 e. The van der Waals surface area contributed by atoms with Gasteiger partial charge in [-0.2, -0.15) is 0 Å². The number of esters is 4. The summed E-state index contributed by atoms with van der Waals surface area (Å²) in [5.74, 6) is -10.2. The van der Waals surface area contributed by atoms with E-state index in [1.165, 1.54) is 28.4 Å². The molecule has 0 aliphatic heterocycles. The van der Waals surface area contributed by atoms with Gasteiger partial charge in [-0.3, -0.25) is 28.8 Å². The van der Waals surface area contributed by atoms with Gasteiger partial charge in [0.2, 0.25) is 0 Å². The van der Waals surface area contributed by atoms with E-state index in [1.807, 2.05) is 0 Å². The molecule has 10 heteroatoms. The molecule has 0 radical (unpaired) electrons. The number of Topliss-reactive ketones (excluding diaryl/α,β-unsaturated/α-hetero) is 2. The summed E-state index contributed by atoms with van der Waals surface area (Å²) < 4.78 is 20.0. The van der Waals surface area contributed by atoms with Crippen LogP contribution in [0.2, 0.25) is 0 Å². The van der Waals surface area contributed by atoms with Gasteiger partial charge in [0.15, 0.2) is 0 Å². The van der Waals surface area contributed by atoms with Crippen LogP contribution in [0.3, 0.4) is 0 Å². The molecule has 0 aromatic heterocycles. The lowest BCUT2D eigenvalue weighted by Crippen LogP contribution is -2.67. The van der Waals surface area contributed by atoms with E-state index < -0.39 is 93.9 Å². The summed E-state index contributed by atoms with van der Waals surface area (Å²) in [5.41, 5.74) is -2.39. The number of hydrogen-bond donors (Lipinski definition) is 0. The molecule has 0 aromatic carbocycles. The average Bonchev–Trinajstić information content (AvgIpc) is 3.60. The van der Waals surface area contributed by atoms with Crippen molar-refractivity contribution in [1.29, 1.82) is 0 Å². The largest absolute Gasteiger partial charge is 0.469 e. The first kappa shape index (κ1) is 24.9. The molecule has 0 saturated heterocycles. The fourth-order valence-corrected chi connectivity index (χ4v) is 9.56. The maximum absolute atomic E-state index is 14.5. The van der Waals surface area contributed by atoms with Crippen LogP contribution in [0.15, 0.2) is 0 Å².